The topological polar surface area (TPSA) is 38.3 Å². The predicted octanol–water partition coefficient (Wildman–Crippen LogP) is 3.73. The maximum atomic E-state index is 12.3. The van der Waals surface area contributed by atoms with Gasteiger partial charge in [0, 0.05) is 12.8 Å². The predicted molar refractivity (Wildman–Crippen MR) is 90.0 cm³/mol. The highest BCUT2D eigenvalue weighted by Gasteiger charge is 2.17. The van der Waals surface area contributed by atoms with Crippen LogP contribution in [0.4, 0.5) is 0 Å². The van der Waals surface area contributed by atoms with Gasteiger partial charge in [-0.05, 0) is 23.6 Å². The third kappa shape index (κ3) is 4.30. The maximum Gasteiger partial charge on any atom is 0.253 e. The molecule has 1 atom stereocenters. The molecule has 2 rings (SSSR count). The number of hydrogen-bond donors (Lipinski definition) is 1. The van der Waals surface area contributed by atoms with Gasteiger partial charge in [-0.2, -0.15) is 0 Å². The van der Waals surface area contributed by atoms with Crippen molar-refractivity contribution in [2.45, 2.75) is 19.4 Å². The Balaban J connectivity index is 2.31. The number of methoxy groups -OCH3 is 1. The van der Waals surface area contributed by atoms with E-state index in [0.717, 1.165) is 16.8 Å². The minimum absolute atomic E-state index is 0.129. The number of hydrogen-bond acceptors (Lipinski definition) is 2. The molecule has 0 aliphatic rings. The van der Waals surface area contributed by atoms with Crippen molar-refractivity contribution in [1.29, 1.82) is 0 Å². The number of benzene rings is 2. The van der Waals surface area contributed by atoms with Crippen molar-refractivity contribution in [2.24, 2.45) is 0 Å². The molecular formula is C19H21NO2. The number of rotatable bonds is 6. The first-order valence-electron chi connectivity index (χ1n) is 7.40. The van der Waals surface area contributed by atoms with Crippen LogP contribution in [0.5, 0.6) is 0 Å². The number of carbonyl (C=O) groups excluding carboxylic acids is 1. The lowest BCUT2D eigenvalue weighted by Crippen LogP contribution is -2.34. The summed E-state index contributed by atoms with van der Waals surface area (Å²) < 4.78 is 5.21. The molecular weight excluding hydrogens is 274 g/mol. The molecule has 0 aliphatic heterocycles. The Bertz CT molecular complexity index is 616. The molecule has 0 aliphatic carbocycles. The van der Waals surface area contributed by atoms with Gasteiger partial charge < -0.3 is 10.1 Å². The fourth-order valence-electron chi connectivity index (χ4n) is 2.20. The quantitative estimate of drug-likeness (QED) is 0.825. The summed E-state index contributed by atoms with van der Waals surface area (Å²) in [6, 6.07) is 19.7. The molecule has 0 saturated heterocycles. The summed E-state index contributed by atoms with van der Waals surface area (Å²) in [6.07, 6.45) is 2.16. The van der Waals surface area contributed by atoms with Crippen molar-refractivity contribution in [1.82, 2.24) is 5.32 Å². The number of carbonyl (C=O) groups is 1. The molecule has 2 aromatic carbocycles. The van der Waals surface area contributed by atoms with E-state index in [1.54, 1.807) is 7.11 Å². The van der Waals surface area contributed by atoms with Crippen molar-refractivity contribution < 1.29 is 9.53 Å². The van der Waals surface area contributed by atoms with Gasteiger partial charge >= 0.3 is 0 Å². The van der Waals surface area contributed by atoms with E-state index in [1.807, 2.05) is 73.7 Å². The van der Waals surface area contributed by atoms with Crippen molar-refractivity contribution >= 4 is 17.7 Å². The van der Waals surface area contributed by atoms with Gasteiger partial charge in [-0.1, -0.05) is 67.6 Å². The molecule has 22 heavy (non-hydrogen) atoms. The summed E-state index contributed by atoms with van der Waals surface area (Å²) in [5.41, 5.74) is 2.77. The summed E-state index contributed by atoms with van der Waals surface area (Å²) in [6.45, 7) is 1.93. The zero-order valence-electron chi connectivity index (χ0n) is 13.0. The zero-order valence-corrected chi connectivity index (χ0v) is 13.0. The Morgan fingerprint density at radius 3 is 2.23 bits per heavy atom. The molecule has 0 bridgehead atoms. The van der Waals surface area contributed by atoms with E-state index >= 15 is 0 Å². The van der Waals surface area contributed by atoms with E-state index in [9.17, 15) is 4.79 Å². The second kappa shape index (κ2) is 8.15. The first kappa shape index (κ1) is 16.0. The molecule has 0 fully saturated rings. The number of ether oxygens (including phenoxy) is 1. The van der Waals surface area contributed by atoms with E-state index in [4.69, 9.17) is 4.74 Å². The average molecular weight is 295 g/mol. The van der Waals surface area contributed by atoms with E-state index in [0.29, 0.717) is 6.42 Å². The summed E-state index contributed by atoms with van der Waals surface area (Å²) in [5.74, 6) is -0.129. The number of amides is 1. The first-order valence-corrected chi connectivity index (χ1v) is 7.40. The normalized spacial score (nSPS) is 12.7. The fraction of sp³-hybridized carbons (Fsp3) is 0.211. The first-order chi connectivity index (χ1) is 10.7. The van der Waals surface area contributed by atoms with Crippen LogP contribution in [0.1, 0.15) is 24.5 Å². The molecule has 3 heteroatoms. The van der Waals surface area contributed by atoms with Crippen LogP contribution in [0.25, 0.3) is 11.8 Å². The Morgan fingerprint density at radius 2 is 1.68 bits per heavy atom. The zero-order chi connectivity index (χ0) is 15.8. The van der Waals surface area contributed by atoms with E-state index in [2.05, 4.69) is 5.32 Å². The Morgan fingerprint density at radius 1 is 1.09 bits per heavy atom. The highest BCUT2D eigenvalue weighted by atomic mass is 16.5. The lowest BCUT2D eigenvalue weighted by atomic mass is 10.1. The van der Waals surface area contributed by atoms with Crippen molar-refractivity contribution in [3.05, 3.63) is 71.8 Å². The summed E-state index contributed by atoms with van der Waals surface area (Å²) >= 11 is 0. The molecule has 1 N–H and O–H groups in total. The Kier molecular flexibility index (Phi) is 5.92. The minimum Gasteiger partial charge on any atom is -0.372 e. The van der Waals surface area contributed by atoms with E-state index < -0.39 is 6.10 Å². The smallest absolute Gasteiger partial charge is 0.253 e. The van der Waals surface area contributed by atoms with Gasteiger partial charge in [-0.3, -0.25) is 4.79 Å². The molecule has 114 valence electrons. The van der Waals surface area contributed by atoms with Crippen LogP contribution >= 0.6 is 0 Å². The standard InChI is InChI=1S/C19H21NO2/c1-3-18(22-2)19(21)20-17(16-12-8-5-9-13-16)14-15-10-6-4-7-11-15/h4-14,18H,3H2,1-2H3,(H,20,21). The van der Waals surface area contributed by atoms with E-state index in [1.165, 1.54) is 0 Å². The van der Waals surface area contributed by atoms with Gasteiger partial charge in [0.15, 0.2) is 0 Å². The Labute approximate surface area is 131 Å². The van der Waals surface area contributed by atoms with Crippen LogP contribution in [-0.2, 0) is 9.53 Å². The minimum atomic E-state index is -0.442. The second-order valence-corrected chi connectivity index (χ2v) is 4.96. The third-order valence-electron chi connectivity index (χ3n) is 3.40. The molecule has 0 saturated carbocycles. The maximum absolute atomic E-state index is 12.3. The van der Waals surface area contributed by atoms with Gasteiger partial charge in [0.25, 0.3) is 5.91 Å². The second-order valence-electron chi connectivity index (χ2n) is 4.96. The highest BCUT2D eigenvalue weighted by molar-refractivity contribution is 5.94. The monoisotopic (exact) mass is 295 g/mol. The third-order valence-corrected chi connectivity index (χ3v) is 3.40. The van der Waals surface area contributed by atoms with Gasteiger partial charge in [-0.15, -0.1) is 0 Å². The SMILES string of the molecule is CCC(OC)C(=O)NC(=Cc1ccccc1)c1ccccc1. The fourth-order valence-corrected chi connectivity index (χ4v) is 2.20. The van der Waals surface area contributed by atoms with Crippen LogP contribution < -0.4 is 5.32 Å². The lowest BCUT2D eigenvalue weighted by Gasteiger charge is -2.16. The molecule has 3 nitrogen and oxygen atoms in total. The van der Waals surface area contributed by atoms with E-state index in [-0.39, 0.29) is 5.91 Å². The lowest BCUT2D eigenvalue weighted by molar-refractivity contribution is -0.129. The van der Waals surface area contributed by atoms with Crippen molar-refractivity contribution in [2.75, 3.05) is 7.11 Å². The van der Waals surface area contributed by atoms with Crippen LogP contribution in [-0.4, -0.2) is 19.1 Å². The summed E-state index contributed by atoms with van der Waals surface area (Å²) in [5, 5.41) is 2.98. The van der Waals surface area contributed by atoms with Crippen LogP contribution in [0, 0.1) is 0 Å². The van der Waals surface area contributed by atoms with Gasteiger partial charge in [-0.25, -0.2) is 0 Å². The van der Waals surface area contributed by atoms with Crippen LogP contribution in [0.3, 0.4) is 0 Å². The summed E-state index contributed by atoms with van der Waals surface area (Å²) in [4.78, 5) is 12.3. The molecule has 0 heterocycles. The molecule has 0 radical (unpaired) electrons. The highest BCUT2D eigenvalue weighted by Crippen LogP contribution is 2.16. The van der Waals surface area contributed by atoms with Crippen LogP contribution in [0.2, 0.25) is 0 Å². The van der Waals surface area contributed by atoms with Crippen molar-refractivity contribution in [3.63, 3.8) is 0 Å². The molecule has 1 amide bonds. The largest absolute Gasteiger partial charge is 0.372 e. The molecule has 2 aromatic rings. The van der Waals surface area contributed by atoms with Crippen LogP contribution in [0.15, 0.2) is 60.7 Å². The Hall–Kier alpha value is -2.39. The molecule has 0 spiro atoms. The summed E-state index contributed by atoms with van der Waals surface area (Å²) in [7, 11) is 1.55. The number of nitrogens with one attached hydrogen (secondary N) is 1. The van der Waals surface area contributed by atoms with Crippen molar-refractivity contribution in [3.8, 4) is 0 Å². The molecule has 1 unspecified atom stereocenters. The van der Waals surface area contributed by atoms with Gasteiger partial charge in [0.1, 0.15) is 6.10 Å². The van der Waals surface area contributed by atoms with Gasteiger partial charge in [0.05, 0.1) is 0 Å². The molecule has 0 aromatic heterocycles. The average Bonchev–Trinajstić information content (AvgIpc) is 2.57. The van der Waals surface area contributed by atoms with Gasteiger partial charge in [0.2, 0.25) is 0 Å².